The molecule has 0 radical (unpaired) electrons. The van der Waals surface area contributed by atoms with Crippen LogP contribution < -0.4 is 5.32 Å². The Kier molecular flexibility index (Phi) is 2.29. The van der Waals surface area contributed by atoms with Gasteiger partial charge in [0, 0.05) is 23.5 Å². The Morgan fingerprint density at radius 1 is 1.06 bits per heavy atom. The SMILES string of the molecule is c1ccc(Nc2nccc(C3CC3)n2)cc1. The van der Waals surface area contributed by atoms with Gasteiger partial charge in [0.2, 0.25) is 5.95 Å². The van der Waals surface area contributed by atoms with Crippen LogP contribution in [0.15, 0.2) is 42.6 Å². The smallest absolute Gasteiger partial charge is 0.227 e. The second-order valence-electron chi connectivity index (χ2n) is 4.07. The predicted molar refractivity (Wildman–Crippen MR) is 63.7 cm³/mol. The monoisotopic (exact) mass is 211 g/mol. The summed E-state index contributed by atoms with van der Waals surface area (Å²) in [7, 11) is 0. The Balaban J connectivity index is 1.81. The summed E-state index contributed by atoms with van der Waals surface area (Å²) in [5.41, 5.74) is 2.18. The highest BCUT2D eigenvalue weighted by Crippen LogP contribution is 2.38. The molecule has 0 aliphatic heterocycles. The number of para-hydroxylation sites is 1. The Bertz CT molecular complexity index is 478. The lowest BCUT2D eigenvalue weighted by Gasteiger charge is -2.05. The molecule has 3 rings (SSSR count). The van der Waals surface area contributed by atoms with Gasteiger partial charge >= 0.3 is 0 Å². The van der Waals surface area contributed by atoms with E-state index in [0.29, 0.717) is 11.9 Å². The maximum atomic E-state index is 4.51. The molecule has 0 atom stereocenters. The van der Waals surface area contributed by atoms with Crippen LogP contribution in [0.5, 0.6) is 0 Å². The summed E-state index contributed by atoms with van der Waals surface area (Å²) in [4.78, 5) is 8.73. The van der Waals surface area contributed by atoms with Crippen LogP contribution in [0.4, 0.5) is 11.6 Å². The number of nitrogens with zero attached hydrogens (tertiary/aromatic N) is 2. The Hall–Kier alpha value is -1.90. The summed E-state index contributed by atoms with van der Waals surface area (Å²) in [5, 5.41) is 3.20. The number of hydrogen-bond donors (Lipinski definition) is 1. The van der Waals surface area contributed by atoms with E-state index in [9.17, 15) is 0 Å². The molecule has 1 aromatic carbocycles. The van der Waals surface area contributed by atoms with Crippen molar-refractivity contribution in [3.63, 3.8) is 0 Å². The summed E-state index contributed by atoms with van der Waals surface area (Å²) >= 11 is 0. The second kappa shape index (κ2) is 3.93. The summed E-state index contributed by atoms with van der Waals surface area (Å²) in [6.07, 6.45) is 4.36. The van der Waals surface area contributed by atoms with E-state index in [1.165, 1.54) is 12.8 Å². The lowest BCUT2D eigenvalue weighted by molar-refractivity contribution is 0.993. The third kappa shape index (κ3) is 2.03. The van der Waals surface area contributed by atoms with Crippen LogP contribution in [0.1, 0.15) is 24.5 Å². The van der Waals surface area contributed by atoms with Gasteiger partial charge < -0.3 is 5.32 Å². The van der Waals surface area contributed by atoms with Gasteiger partial charge in [-0.25, -0.2) is 9.97 Å². The maximum absolute atomic E-state index is 4.51. The van der Waals surface area contributed by atoms with E-state index < -0.39 is 0 Å². The molecule has 1 aliphatic carbocycles. The van der Waals surface area contributed by atoms with Gasteiger partial charge in [-0.3, -0.25) is 0 Å². The average molecular weight is 211 g/mol. The summed E-state index contributed by atoms with van der Waals surface area (Å²) in [5.74, 6) is 1.36. The van der Waals surface area contributed by atoms with Crippen LogP contribution in [-0.4, -0.2) is 9.97 Å². The molecule has 0 amide bonds. The van der Waals surface area contributed by atoms with Gasteiger partial charge in [0.05, 0.1) is 0 Å². The Morgan fingerprint density at radius 3 is 2.62 bits per heavy atom. The number of hydrogen-bond acceptors (Lipinski definition) is 3. The number of aromatic nitrogens is 2. The lowest BCUT2D eigenvalue weighted by atomic mass is 10.3. The van der Waals surface area contributed by atoms with E-state index in [4.69, 9.17) is 0 Å². The van der Waals surface area contributed by atoms with Gasteiger partial charge in [-0.15, -0.1) is 0 Å². The molecule has 1 aromatic heterocycles. The minimum absolute atomic E-state index is 0.666. The van der Waals surface area contributed by atoms with Crippen molar-refractivity contribution < 1.29 is 0 Å². The van der Waals surface area contributed by atoms with Gasteiger partial charge in [-0.2, -0.15) is 0 Å². The van der Waals surface area contributed by atoms with Gasteiger partial charge in [-0.05, 0) is 31.0 Å². The van der Waals surface area contributed by atoms with E-state index in [2.05, 4.69) is 15.3 Å². The van der Waals surface area contributed by atoms with Crippen molar-refractivity contribution in [2.45, 2.75) is 18.8 Å². The zero-order valence-electron chi connectivity index (χ0n) is 8.93. The number of rotatable bonds is 3. The Morgan fingerprint density at radius 2 is 1.88 bits per heavy atom. The molecule has 1 heterocycles. The third-order valence-electron chi connectivity index (χ3n) is 2.70. The summed E-state index contributed by atoms with van der Waals surface area (Å²) in [6.45, 7) is 0. The molecular weight excluding hydrogens is 198 g/mol. The molecule has 0 bridgehead atoms. The van der Waals surface area contributed by atoms with Crippen LogP contribution in [0.25, 0.3) is 0 Å². The molecule has 2 aromatic rings. The van der Waals surface area contributed by atoms with Crippen LogP contribution in [-0.2, 0) is 0 Å². The zero-order chi connectivity index (χ0) is 10.8. The minimum atomic E-state index is 0.666. The number of nitrogens with one attached hydrogen (secondary N) is 1. The molecule has 1 fully saturated rings. The van der Waals surface area contributed by atoms with Crippen molar-refractivity contribution in [1.82, 2.24) is 9.97 Å². The molecule has 80 valence electrons. The van der Waals surface area contributed by atoms with Crippen LogP contribution in [0.3, 0.4) is 0 Å². The molecule has 16 heavy (non-hydrogen) atoms. The summed E-state index contributed by atoms with van der Waals surface area (Å²) in [6, 6.07) is 12.0. The quantitative estimate of drug-likeness (QED) is 0.847. The number of benzene rings is 1. The normalized spacial score (nSPS) is 14.8. The molecule has 1 aliphatic rings. The molecule has 3 heteroatoms. The first-order chi connectivity index (χ1) is 7.92. The standard InChI is InChI=1S/C13H13N3/c1-2-4-11(5-3-1)15-13-14-9-8-12(16-13)10-6-7-10/h1-5,8-10H,6-7H2,(H,14,15,16). The van der Waals surface area contributed by atoms with E-state index >= 15 is 0 Å². The lowest BCUT2D eigenvalue weighted by Crippen LogP contribution is -1.98. The second-order valence-corrected chi connectivity index (χ2v) is 4.07. The first kappa shape index (κ1) is 9.33. The fourth-order valence-electron chi connectivity index (χ4n) is 1.69. The van der Waals surface area contributed by atoms with E-state index in [1.807, 2.05) is 42.6 Å². The fourth-order valence-corrected chi connectivity index (χ4v) is 1.69. The fraction of sp³-hybridized carbons (Fsp3) is 0.231. The van der Waals surface area contributed by atoms with Crippen molar-refractivity contribution in [2.24, 2.45) is 0 Å². The van der Waals surface area contributed by atoms with Gasteiger partial charge in [-0.1, -0.05) is 18.2 Å². The molecule has 1 N–H and O–H groups in total. The van der Waals surface area contributed by atoms with E-state index in [0.717, 1.165) is 11.4 Å². The first-order valence-corrected chi connectivity index (χ1v) is 5.57. The average Bonchev–Trinajstić information content (AvgIpc) is 3.15. The van der Waals surface area contributed by atoms with E-state index in [1.54, 1.807) is 0 Å². The van der Waals surface area contributed by atoms with Gasteiger partial charge in [0.1, 0.15) is 0 Å². The van der Waals surface area contributed by atoms with Crippen molar-refractivity contribution in [3.8, 4) is 0 Å². The van der Waals surface area contributed by atoms with Crippen molar-refractivity contribution in [1.29, 1.82) is 0 Å². The molecule has 1 saturated carbocycles. The predicted octanol–water partition coefficient (Wildman–Crippen LogP) is 3.10. The largest absolute Gasteiger partial charge is 0.324 e. The third-order valence-corrected chi connectivity index (χ3v) is 2.70. The summed E-state index contributed by atoms with van der Waals surface area (Å²) < 4.78 is 0. The number of anilines is 2. The van der Waals surface area contributed by atoms with Gasteiger partial charge in [0.25, 0.3) is 0 Å². The van der Waals surface area contributed by atoms with Crippen molar-refractivity contribution in [2.75, 3.05) is 5.32 Å². The zero-order valence-corrected chi connectivity index (χ0v) is 8.93. The van der Waals surface area contributed by atoms with Crippen molar-refractivity contribution in [3.05, 3.63) is 48.3 Å². The molecule has 3 nitrogen and oxygen atoms in total. The molecule has 0 saturated heterocycles. The topological polar surface area (TPSA) is 37.8 Å². The van der Waals surface area contributed by atoms with Gasteiger partial charge in [0.15, 0.2) is 0 Å². The van der Waals surface area contributed by atoms with Crippen molar-refractivity contribution >= 4 is 11.6 Å². The van der Waals surface area contributed by atoms with E-state index in [-0.39, 0.29) is 0 Å². The maximum Gasteiger partial charge on any atom is 0.227 e. The molecule has 0 spiro atoms. The highest BCUT2D eigenvalue weighted by molar-refractivity contribution is 5.52. The van der Waals surface area contributed by atoms with Crippen LogP contribution >= 0.6 is 0 Å². The highest BCUT2D eigenvalue weighted by atomic mass is 15.1. The Labute approximate surface area is 94.6 Å². The highest BCUT2D eigenvalue weighted by Gasteiger charge is 2.25. The molecular formula is C13H13N3. The first-order valence-electron chi connectivity index (χ1n) is 5.57. The minimum Gasteiger partial charge on any atom is -0.324 e. The van der Waals surface area contributed by atoms with Crippen LogP contribution in [0.2, 0.25) is 0 Å². The molecule has 0 unspecified atom stereocenters. The van der Waals surface area contributed by atoms with Crippen LogP contribution in [0, 0.1) is 0 Å².